The highest BCUT2D eigenvalue weighted by Gasteiger charge is 2.35. The molecule has 0 aromatic heterocycles. The first kappa shape index (κ1) is 15.6. The van der Waals surface area contributed by atoms with Gasteiger partial charge in [0.25, 0.3) is 0 Å². The van der Waals surface area contributed by atoms with Crippen LogP contribution < -0.4 is 0 Å². The van der Waals surface area contributed by atoms with Crippen LogP contribution in [0.25, 0.3) is 0 Å². The molecule has 0 aromatic carbocycles. The van der Waals surface area contributed by atoms with Crippen LogP contribution in [0.1, 0.15) is 73.1 Å². The summed E-state index contributed by atoms with van der Waals surface area (Å²) in [6, 6.07) is 0. The highest BCUT2D eigenvalue weighted by molar-refractivity contribution is 5.24. The zero-order valence-electron chi connectivity index (χ0n) is 14.1. The number of hydrogen-bond donors (Lipinski definition) is 0. The van der Waals surface area contributed by atoms with Crippen molar-refractivity contribution in [2.45, 2.75) is 73.1 Å². The summed E-state index contributed by atoms with van der Waals surface area (Å²) in [5, 5.41) is 0. The van der Waals surface area contributed by atoms with E-state index in [1.807, 2.05) is 0 Å². The van der Waals surface area contributed by atoms with Crippen molar-refractivity contribution in [3.05, 3.63) is 34.9 Å². The lowest BCUT2D eigenvalue weighted by atomic mass is 9.63. The lowest BCUT2D eigenvalue weighted by Crippen LogP contribution is -2.30. The number of rotatable bonds is 0. The number of allylic oxidation sites excluding steroid dienone is 6. The van der Waals surface area contributed by atoms with Gasteiger partial charge < -0.3 is 0 Å². The minimum atomic E-state index is 0.391. The molecule has 0 heterocycles. The number of fused-ring (bicyclic) bond motifs is 2. The standard InChI is InChI=1S/C20H32/c1-15-7-6-8-16(2)10-12-19-13-18(11-9-15)17(3)14-20(19,4)5/h7,10,12,17-18H,6,8-9,11,13-14H2,1-5H3. The third kappa shape index (κ3) is 3.87. The van der Waals surface area contributed by atoms with Gasteiger partial charge in [-0.1, -0.05) is 55.7 Å². The maximum absolute atomic E-state index is 2.47. The Morgan fingerprint density at radius 2 is 1.80 bits per heavy atom. The van der Waals surface area contributed by atoms with E-state index in [1.165, 1.54) is 44.1 Å². The molecule has 2 rings (SSSR count). The Bertz CT molecular complexity index is 431. The summed E-state index contributed by atoms with van der Waals surface area (Å²) in [6.45, 7) is 11.9. The van der Waals surface area contributed by atoms with Gasteiger partial charge in [-0.05, 0) is 69.6 Å². The molecule has 0 aromatic rings. The van der Waals surface area contributed by atoms with E-state index in [1.54, 1.807) is 11.1 Å². The van der Waals surface area contributed by atoms with Gasteiger partial charge in [0.2, 0.25) is 0 Å². The second-order valence-electron chi connectivity index (χ2n) is 7.86. The Hall–Kier alpha value is -0.780. The molecule has 0 saturated heterocycles. The smallest absolute Gasteiger partial charge is 0.0139 e. The van der Waals surface area contributed by atoms with E-state index in [2.05, 4.69) is 52.8 Å². The third-order valence-corrected chi connectivity index (χ3v) is 5.50. The topological polar surface area (TPSA) is 0 Å². The first-order chi connectivity index (χ1) is 9.38. The van der Waals surface area contributed by atoms with Gasteiger partial charge in [0.15, 0.2) is 0 Å². The van der Waals surface area contributed by atoms with Gasteiger partial charge in [-0.3, -0.25) is 0 Å². The van der Waals surface area contributed by atoms with E-state index in [4.69, 9.17) is 0 Å². The fourth-order valence-corrected chi connectivity index (χ4v) is 3.93. The van der Waals surface area contributed by atoms with E-state index in [9.17, 15) is 0 Å². The molecule has 2 atom stereocenters. The summed E-state index contributed by atoms with van der Waals surface area (Å²) in [6.07, 6.45) is 15.0. The van der Waals surface area contributed by atoms with E-state index >= 15 is 0 Å². The van der Waals surface area contributed by atoms with Gasteiger partial charge in [-0.25, -0.2) is 0 Å². The maximum Gasteiger partial charge on any atom is -0.0139 e. The van der Waals surface area contributed by atoms with Crippen LogP contribution in [-0.2, 0) is 0 Å². The molecule has 2 unspecified atom stereocenters. The molecule has 2 aliphatic rings. The number of hydrogen-bond acceptors (Lipinski definition) is 0. The van der Waals surface area contributed by atoms with Gasteiger partial charge >= 0.3 is 0 Å². The van der Waals surface area contributed by atoms with Gasteiger partial charge in [0, 0.05) is 0 Å². The molecule has 0 radical (unpaired) electrons. The maximum atomic E-state index is 2.47. The molecule has 1 saturated carbocycles. The van der Waals surface area contributed by atoms with Crippen molar-refractivity contribution < 1.29 is 0 Å². The van der Waals surface area contributed by atoms with E-state index in [-0.39, 0.29) is 0 Å². The van der Waals surface area contributed by atoms with Crippen LogP contribution in [0.3, 0.4) is 0 Å². The van der Waals surface area contributed by atoms with Crippen molar-refractivity contribution in [1.82, 2.24) is 0 Å². The zero-order valence-corrected chi connectivity index (χ0v) is 14.1. The summed E-state index contributed by atoms with van der Waals surface area (Å²) in [4.78, 5) is 0. The zero-order chi connectivity index (χ0) is 14.8. The molecular formula is C20H32. The van der Waals surface area contributed by atoms with Crippen molar-refractivity contribution in [3.63, 3.8) is 0 Å². The largest absolute Gasteiger partial charge is 0.0853 e. The highest BCUT2D eigenvalue weighted by atomic mass is 14.4. The molecule has 2 aliphatic carbocycles. The van der Waals surface area contributed by atoms with E-state index in [0.717, 1.165) is 11.8 Å². The Labute approximate surface area is 126 Å². The summed E-state index contributed by atoms with van der Waals surface area (Å²) < 4.78 is 0. The van der Waals surface area contributed by atoms with Gasteiger partial charge in [-0.2, -0.15) is 0 Å². The third-order valence-electron chi connectivity index (χ3n) is 5.50. The molecular weight excluding hydrogens is 240 g/mol. The van der Waals surface area contributed by atoms with Gasteiger partial charge in [0.1, 0.15) is 0 Å². The molecule has 0 amide bonds. The van der Waals surface area contributed by atoms with E-state index in [0.29, 0.717) is 5.41 Å². The van der Waals surface area contributed by atoms with Crippen molar-refractivity contribution in [2.24, 2.45) is 17.3 Å². The lowest BCUT2D eigenvalue weighted by Gasteiger charge is -2.42. The SMILES string of the molecule is CC1=CC=C2CC(CCC(C)=CCC1)C(C)CC2(C)C. The molecule has 0 heteroatoms. The van der Waals surface area contributed by atoms with Crippen LogP contribution >= 0.6 is 0 Å². The fourth-order valence-electron chi connectivity index (χ4n) is 3.93. The normalized spacial score (nSPS) is 31.4. The second-order valence-corrected chi connectivity index (χ2v) is 7.86. The summed E-state index contributed by atoms with van der Waals surface area (Å²) in [5.74, 6) is 1.74. The van der Waals surface area contributed by atoms with Crippen LogP contribution in [-0.4, -0.2) is 0 Å². The van der Waals surface area contributed by atoms with Crippen molar-refractivity contribution in [3.8, 4) is 0 Å². The Kier molecular flexibility index (Phi) is 4.94. The first-order valence-electron chi connectivity index (χ1n) is 8.41. The quantitative estimate of drug-likeness (QED) is 0.444. The molecule has 112 valence electrons. The Balaban J connectivity index is 2.28. The minimum absolute atomic E-state index is 0.391. The molecule has 0 N–H and O–H groups in total. The van der Waals surface area contributed by atoms with Crippen LogP contribution in [0, 0.1) is 17.3 Å². The van der Waals surface area contributed by atoms with Gasteiger partial charge in [0.05, 0.1) is 0 Å². The Morgan fingerprint density at radius 1 is 1.05 bits per heavy atom. The summed E-state index contributed by atoms with van der Waals surface area (Å²) >= 11 is 0. The molecule has 1 fully saturated rings. The summed E-state index contributed by atoms with van der Waals surface area (Å²) in [5.41, 5.74) is 5.19. The van der Waals surface area contributed by atoms with E-state index < -0.39 is 0 Å². The first-order valence-corrected chi connectivity index (χ1v) is 8.41. The molecule has 2 bridgehead atoms. The highest BCUT2D eigenvalue weighted by Crippen LogP contribution is 2.47. The molecule has 0 spiro atoms. The average Bonchev–Trinajstić information content (AvgIpc) is 2.34. The van der Waals surface area contributed by atoms with Crippen LogP contribution in [0.15, 0.2) is 34.9 Å². The monoisotopic (exact) mass is 272 g/mol. The van der Waals surface area contributed by atoms with Crippen molar-refractivity contribution in [1.29, 1.82) is 0 Å². The second kappa shape index (κ2) is 6.33. The summed E-state index contributed by atoms with van der Waals surface area (Å²) in [7, 11) is 0. The van der Waals surface area contributed by atoms with Gasteiger partial charge in [-0.15, -0.1) is 0 Å². The van der Waals surface area contributed by atoms with Crippen molar-refractivity contribution >= 4 is 0 Å². The van der Waals surface area contributed by atoms with Crippen LogP contribution in [0.4, 0.5) is 0 Å². The minimum Gasteiger partial charge on any atom is -0.0853 e. The Morgan fingerprint density at radius 3 is 2.55 bits per heavy atom. The van der Waals surface area contributed by atoms with Crippen LogP contribution in [0.2, 0.25) is 0 Å². The molecule has 0 nitrogen and oxygen atoms in total. The fraction of sp³-hybridized carbons (Fsp3) is 0.700. The van der Waals surface area contributed by atoms with Crippen LogP contribution in [0.5, 0.6) is 0 Å². The van der Waals surface area contributed by atoms with Crippen molar-refractivity contribution in [2.75, 3.05) is 0 Å². The predicted molar refractivity (Wildman–Crippen MR) is 89.7 cm³/mol. The molecule has 20 heavy (non-hydrogen) atoms. The predicted octanol–water partition coefficient (Wildman–Crippen LogP) is 6.45. The lowest BCUT2D eigenvalue weighted by molar-refractivity contribution is 0.184. The average molecular weight is 272 g/mol. The molecule has 0 aliphatic heterocycles.